The zero-order valence-electron chi connectivity index (χ0n) is 10.1. The number of aliphatic hydroxyl groups excluding tert-OH is 1. The van der Waals surface area contributed by atoms with Crippen molar-refractivity contribution in [2.24, 2.45) is 0 Å². The number of morpholine rings is 1. The van der Waals surface area contributed by atoms with Crippen LogP contribution < -0.4 is 0 Å². The summed E-state index contributed by atoms with van der Waals surface area (Å²) in [6.07, 6.45) is -0.374. The van der Waals surface area contributed by atoms with Gasteiger partial charge in [-0.05, 0) is 25.4 Å². The lowest BCUT2D eigenvalue weighted by Crippen LogP contribution is -2.55. The van der Waals surface area contributed by atoms with Gasteiger partial charge in [0.15, 0.2) is 0 Å². The fourth-order valence-corrected chi connectivity index (χ4v) is 2.77. The standard InChI is InChI=1S/C10H14ClN3O3S/c1-10(2)5-14(3-6(4-15)17-10)8(16)7-12-13-9(11)18-7/h6,15H,3-5H2,1-2H3. The SMILES string of the molecule is CC1(C)CN(C(=O)c2nnc(Cl)s2)CC(CO)O1. The molecule has 0 aliphatic carbocycles. The van der Waals surface area contributed by atoms with Crippen LogP contribution in [0.15, 0.2) is 0 Å². The van der Waals surface area contributed by atoms with Gasteiger partial charge in [-0.15, -0.1) is 10.2 Å². The summed E-state index contributed by atoms with van der Waals surface area (Å²) in [5.74, 6) is -0.228. The minimum atomic E-state index is -0.490. The third-order valence-corrected chi connectivity index (χ3v) is 3.56. The topological polar surface area (TPSA) is 75.6 Å². The van der Waals surface area contributed by atoms with Gasteiger partial charge in [-0.25, -0.2) is 0 Å². The highest BCUT2D eigenvalue weighted by molar-refractivity contribution is 7.17. The maximum absolute atomic E-state index is 12.2. The van der Waals surface area contributed by atoms with Gasteiger partial charge in [-0.3, -0.25) is 4.79 Å². The number of halogens is 1. The summed E-state index contributed by atoms with van der Waals surface area (Å²) in [5.41, 5.74) is -0.490. The molecular formula is C10H14ClN3O3S. The number of nitrogens with zero attached hydrogens (tertiary/aromatic N) is 3. The molecule has 1 unspecified atom stereocenters. The van der Waals surface area contributed by atoms with Crippen molar-refractivity contribution in [3.8, 4) is 0 Å². The van der Waals surface area contributed by atoms with E-state index in [1.807, 2.05) is 13.8 Å². The van der Waals surface area contributed by atoms with Crippen LogP contribution >= 0.6 is 22.9 Å². The number of aliphatic hydroxyl groups is 1. The smallest absolute Gasteiger partial charge is 0.285 e. The lowest BCUT2D eigenvalue weighted by molar-refractivity contribution is -0.139. The largest absolute Gasteiger partial charge is 0.394 e. The third-order valence-electron chi connectivity index (χ3n) is 2.56. The van der Waals surface area contributed by atoms with E-state index in [2.05, 4.69) is 10.2 Å². The molecule has 1 aromatic heterocycles. The van der Waals surface area contributed by atoms with Crippen LogP contribution in [0.2, 0.25) is 4.47 Å². The Morgan fingerprint density at radius 1 is 1.67 bits per heavy atom. The second-order valence-electron chi connectivity index (χ2n) is 4.73. The highest BCUT2D eigenvalue weighted by Crippen LogP contribution is 2.24. The van der Waals surface area contributed by atoms with Crippen molar-refractivity contribution in [1.29, 1.82) is 0 Å². The maximum atomic E-state index is 12.2. The summed E-state index contributed by atoms with van der Waals surface area (Å²) in [7, 11) is 0. The minimum absolute atomic E-state index is 0.121. The summed E-state index contributed by atoms with van der Waals surface area (Å²) in [5, 5.41) is 16.8. The zero-order chi connectivity index (χ0) is 13.3. The molecule has 0 bridgehead atoms. The van der Waals surface area contributed by atoms with Crippen molar-refractivity contribution in [1.82, 2.24) is 15.1 Å². The Balaban J connectivity index is 2.14. The molecule has 6 nitrogen and oxygen atoms in total. The Labute approximate surface area is 114 Å². The summed E-state index contributed by atoms with van der Waals surface area (Å²) >= 11 is 6.71. The van der Waals surface area contributed by atoms with Crippen LogP contribution in [0.3, 0.4) is 0 Å². The number of amides is 1. The van der Waals surface area contributed by atoms with Gasteiger partial charge in [0.1, 0.15) is 0 Å². The molecule has 1 aliphatic rings. The number of aromatic nitrogens is 2. The van der Waals surface area contributed by atoms with E-state index in [0.29, 0.717) is 13.1 Å². The van der Waals surface area contributed by atoms with Crippen LogP contribution in [0, 0.1) is 0 Å². The summed E-state index contributed by atoms with van der Waals surface area (Å²) in [6.45, 7) is 4.42. The van der Waals surface area contributed by atoms with E-state index >= 15 is 0 Å². The molecule has 1 amide bonds. The number of ether oxygens (including phenoxy) is 1. The van der Waals surface area contributed by atoms with Crippen molar-refractivity contribution >= 4 is 28.8 Å². The number of carbonyl (C=O) groups excluding carboxylic acids is 1. The van der Waals surface area contributed by atoms with Gasteiger partial charge in [-0.2, -0.15) is 0 Å². The van der Waals surface area contributed by atoms with E-state index < -0.39 is 5.60 Å². The Bertz CT molecular complexity index is 451. The summed E-state index contributed by atoms with van der Waals surface area (Å²) in [4.78, 5) is 13.8. The third kappa shape index (κ3) is 2.97. The molecule has 0 radical (unpaired) electrons. The van der Waals surface area contributed by atoms with Crippen LogP contribution in [0.25, 0.3) is 0 Å². The van der Waals surface area contributed by atoms with Gasteiger partial charge >= 0.3 is 0 Å². The van der Waals surface area contributed by atoms with Crippen molar-refractivity contribution in [2.75, 3.05) is 19.7 Å². The molecule has 1 atom stereocenters. The van der Waals surface area contributed by atoms with Crippen molar-refractivity contribution in [3.63, 3.8) is 0 Å². The number of hydrogen-bond donors (Lipinski definition) is 1. The maximum Gasteiger partial charge on any atom is 0.285 e. The predicted molar refractivity (Wildman–Crippen MR) is 66.9 cm³/mol. The lowest BCUT2D eigenvalue weighted by atomic mass is 10.1. The van der Waals surface area contributed by atoms with Gasteiger partial charge in [0.2, 0.25) is 9.47 Å². The van der Waals surface area contributed by atoms with E-state index in [1.165, 1.54) is 0 Å². The Morgan fingerprint density at radius 2 is 2.39 bits per heavy atom. The van der Waals surface area contributed by atoms with Crippen molar-refractivity contribution < 1.29 is 14.6 Å². The molecule has 100 valence electrons. The minimum Gasteiger partial charge on any atom is -0.394 e. The summed E-state index contributed by atoms with van der Waals surface area (Å²) in [6, 6.07) is 0. The molecule has 2 heterocycles. The molecule has 1 aliphatic heterocycles. The van der Waals surface area contributed by atoms with Gasteiger partial charge < -0.3 is 14.7 Å². The number of hydrogen-bond acceptors (Lipinski definition) is 6. The Kier molecular flexibility index (Phi) is 3.86. The fraction of sp³-hybridized carbons (Fsp3) is 0.700. The number of rotatable bonds is 2. The highest BCUT2D eigenvalue weighted by atomic mass is 35.5. The second kappa shape index (κ2) is 5.08. The number of carbonyl (C=O) groups is 1. The first-order valence-corrected chi connectivity index (χ1v) is 6.68. The Morgan fingerprint density at radius 3 is 2.94 bits per heavy atom. The van der Waals surface area contributed by atoms with E-state index in [-0.39, 0.29) is 28.1 Å². The molecule has 0 aromatic carbocycles. The molecule has 0 saturated carbocycles. The Hall–Kier alpha value is -0.760. The van der Waals surface area contributed by atoms with Crippen molar-refractivity contribution in [3.05, 3.63) is 9.47 Å². The molecular weight excluding hydrogens is 278 g/mol. The van der Waals surface area contributed by atoms with Crippen LogP contribution in [0.5, 0.6) is 0 Å². The van der Waals surface area contributed by atoms with Gasteiger partial charge in [0.05, 0.1) is 18.3 Å². The van der Waals surface area contributed by atoms with Crippen LogP contribution in [0.4, 0.5) is 0 Å². The molecule has 1 saturated heterocycles. The first kappa shape index (κ1) is 13.7. The second-order valence-corrected chi connectivity index (χ2v) is 6.29. The van der Waals surface area contributed by atoms with E-state index in [1.54, 1.807) is 4.90 Å². The van der Waals surface area contributed by atoms with E-state index in [0.717, 1.165) is 11.3 Å². The molecule has 1 fully saturated rings. The first-order valence-electron chi connectivity index (χ1n) is 5.48. The lowest BCUT2D eigenvalue weighted by Gasteiger charge is -2.41. The monoisotopic (exact) mass is 291 g/mol. The molecule has 2 rings (SSSR count). The van der Waals surface area contributed by atoms with Gasteiger partial charge in [-0.1, -0.05) is 11.3 Å². The van der Waals surface area contributed by atoms with Crippen LogP contribution in [-0.2, 0) is 4.74 Å². The van der Waals surface area contributed by atoms with Crippen LogP contribution in [0.1, 0.15) is 23.6 Å². The van der Waals surface area contributed by atoms with Gasteiger partial charge in [0, 0.05) is 13.1 Å². The first-order chi connectivity index (χ1) is 8.41. The highest BCUT2D eigenvalue weighted by Gasteiger charge is 2.36. The average Bonchev–Trinajstić information content (AvgIpc) is 2.72. The summed E-state index contributed by atoms with van der Waals surface area (Å²) < 4.78 is 5.88. The molecule has 1 N–H and O–H groups in total. The van der Waals surface area contributed by atoms with Crippen LogP contribution in [-0.4, -0.2) is 57.5 Å². The van der Waals surface area contributed by atoms with E-state index in [4.69, 9.17) is 16.3 Å². The zero-order valence-corrected chi connectivity index (χ0v) is 11.7. The fourth-order valence-electron chi connectivity index (χ4n) is 1.97. The quantitative estimate of drug-likeness (QED) is 0.872. The average molecular weight is 292 g/mol. The predicted octanol–water partition coefficient (Wildman–Crippen LogP) is 0.803. The van der Waals surface area contributed by atoms with Crippen molar-refractivity contribution in [2.45, 2.75) is 25.6 Å². The molecule has 0 spiro atoms. The molecule has 18 heavy (non-hydrogen) atoms. The molecule has 1 aromatic rings. The van der Waals surface area contributed by atoms with Gasteiger partial charge in [0.25, 0.3) is 5.91 Å². The normalized spacial score (nSPS) is 23.1. The van der Waals surface area contributed by atoms with E-state index in [9.17, 15) is 9.90 Å². The molecule has 8 heteroatoms.